The summed E-state index contributed by atoms with van der Waals surface area (Å²) in [6, 6.07) is 6.98. The summed E-state index contributed by atoms with van der Waals surface area (Å²) in [6.07, 6.45) is 0.440. The molecule has 0 heterocycles. The van der Waals surface area contributed by atoms with Gasteiger partial charge in [0.25, 0.3) is 0 Å². The first-order valence-electron chi connectivity index (χ1n) is 3.84. The van der Waals surface area contributed by atoms with Gasteiger partial charge in [0.2, 0.25) is 0 Å². The molecule has 2 N–H and O–H groups in total. The molecule has 1 fully saturated rings. The summed E-state index contributed by atoms with van der Waals surface area (Å²) in [5, 5.41) is 0. The van der Waals surface area contributed by atoms with Crippen molar-refractivity contribution in [3.05, 3.63) is 34.3 Å². The molecule has 1 aliphatic rings. The number of nitrogens with two attached hydrogens (primary N) is 1. The summed E-state index contributed by atoms with van der Waals surface area (Å²) in [5.41, 5.74) is 4.91. The summed E-state index contributed by atoms with van der Waals surface area (Å²) >= 11 is 3.30. The van der Waals surface area contributed by atoms with Gasteiger partial charge < -0.3 is 5.73 Å². The molecule has 1 nitrogen and oxygen atoms in total. The van der Waals surface area contributed by atoms with Crippen molar-refractivity contribution in [3.63, 3.8) is 0 Å². The third-order valence-corrected chi connectivity index (χ3v) is 2.96. The number of halogens is 3. The van der Waals surface area contributed by atoms with Gasteiger partial charge in [-0.05, 0) is 6.07 Å². The third-order valence-electron chi connectivity index (χ3n) is 2.27. The van der Waals surface area contributed by atoms with Crippen LogP contribution in [0.3, 0.4) is 0 Å². The fraction of sp³-hybridized carbons (Fsp3) is 0.333. The number of alkyl halides is 1. The van der Waals surface area contributed by atoms with Gasteiger partial charge in [-0.1, -0.05) is 34.1 Å². The molecule has 2 unspecified atom stereocenters. The van der Waals surface area contributed by atoms with Crippen LogP contribution in [0.25, 0.3) is 0 Å². The van der Waals surface area contributed by atoms with E-state index >= 15 is 0 Å². The van der Waals surface area contributed by atoms with Crippen LogP contribution in [-0.2, 0) is 5.67 Å². The van der Waals surface area contributed by atoms with Gasteiger partial charge in [-0.25, -0.2) is 4.39 Å². The third kappa shape index (κ3) is 1.73. The molecule has 2 rings (SSSR count). The minimum absolute atomic E-state index is 0. The van der Waals surface area contributed by atoms with Crippen molar-refractivity contribution in [2.45, 2.75) is 18.1 Å². The zero-order valence-electron chi connectivity index (χ0n) is 6.84. The van der Waals surface area contributed by atoms with Gasteiger partial charge in [0, 0.05) is 22.5 Å². The van der Waals surface area contributed by atoms with Gasteiger partial charge in [0.15, 0.2) is 5.67 Å². The first-order chi connectivity index (χ1) is 5.64. The standard InChI is InChI=1S/C9H9BrFN.ClH/c10-7-4-2-1-3-6(7)9(11)5-8(9)12;/h1-4,8H,5,12H2;1H. The number of rotatable bonds is 1. The highest BCUT2D eigenvalue weighted by Gasteiger charge is 2.55. The molecule has 1 aromatic carbocycles. The highest BCUT2D eigenvalue weighted by Crippen LogP contribution is 2.50. The van der Waals surface area contributed by atoms with Crippen LogP contribution < -0.4 is 5.73 Å². The van der Waals surface area contributed by atoms with Crippen LogP contribution in [0.15, 0.2) is 28.7 Å². The van der Waals surface area contributed by atoms with Crippen molar-refractivity contribution in [1.82, 2.24) is 0 Å². The lowest BCUT2D eigenvalue weighted by atomic mass is 10.1. The summed E-state index contributed by atoms with van der Waals surface area (Å²) in [7, 11) is 0. The Hall–Kier alpha value is -0.120. The van der Waals surface area contributed by atoms with Crippen LogP contribution in [0.2, 0.25) is 0 Å². The minimum atomic E-state index is -1.28. The molecule has 72 valence electrons. The number of hydrogen-bond acceptors (Lipinski definition) is 1. The van der Waals surface area contributed by atoms with Gasteiger partial charge in [-0.3, -0.25) is 0 Å². The molecule has 4 heteroatoms. The monoisotopic (exact) mass is 265 g/mol. The van der Waals surface area contributed by atoms with Crippen molar-refractivity contribution in [2.75, 3.05) is 0 Å². The first-order valence-corrected chi connectivity index (χ1v) is 4.63. The van der Waals surface area contributed by atoms with E-state index in [1.165, 1.54) is 0 Å². The van der Waals surface area contributed by atoms with Gasteiger partial charge in [0.05, 0.1) is 0 Å². The lowest BCUT2D eigenvalue weighted by Crippen LogP contribution is -2.13. The topological polar surface area (TPSA) is 26.0 Å². The zero-order valence-corrected chi connectivity index (χ0v) is 9.24. The average Bonchev–Trinajstić information content (AvgIpc) is 2.61. The predicted octanol–water partition coefficient (Wildman–Crippen LogP) is 2.77. The van der Waals surface area contributed by atoms with Gasteiger partial charge in [-0.2, -0.15) is 0 Å². The fourth-order valence-electron chi connectivity index (χ4n) is 1.37. The Kier molecular flexibility index (Phi) is 3.00. The smallest absolute Gasteiger partial charge is 0.153 e. The van der Waals surface area contributed by atoms with Crippen LogP contribution in [0, 0.1) is 0 Å². The molecule has 0 saturated heterocycles. The van der Waals surface area contributed by atoms with Gasteiger partial charge in [0.1, 0.15) is 0 Å². The molecule has 0 amide bonds. The zero-order chi connectivity index (χ0) is 8.77. The lowest BCUT2D eigenvalue weighted by Gasteiger charge is -2.07. The molecular weight excluding hydrogens is 256 g/mol. The highest BCUT2D eigenvalue weighted by atomic mass is 79.9. The van der Waals surface area contributed by atoms with Crippen molar-refractivity contribution >= 4 is 28.3 Å². The molecule has 13 heavy (non-hydrogen) atoms. The van der Waals surface area contributed by atoms with Gasteiger partial charge in [-0.15, -0.1) is 12.4 Å². The second-order valence-electron chi connectivity index (χ2n) is 3.15. The second-order valence-corrected chi connectivity index (χ2v) is 4.01. The van der Waals surface area contributed by atoms with E-state index in [1.807, 2.05) is 18.2 Å². The van der Waals surface area contributed by atoms with Gasteiger partial charge >= 0.3 is 0 Å². The Balaban J connectivity index is 0.000000845. The van der Waals surface area contributed by atoms with Crippen LogP contribution in [0.4, 0.5) is 4.39 Å². The fourth-order valence-corrected chi connectivity index (χ4v) is 1.98. The molecule has 1 aromatic rings. The predicted molar refractivity (Wildman–Crippen MR) is 56.8 cm³/mol. The van der Waals surface area contributed by atoms with Crippen LogP contribution in [0.5, 0.6) is 0 Å². The van der Waals surface area contributed by atoms with E-state index in [0.29, 0.717) is 12.0 Å². The summed E-state index contributed by atoms with van der Waals surface area (Å²) in [5.74, 6) is 0. The minimum Gasteiger partial charge on any atom is -0.325 e. The normalized spacial score (nSPS) is 30.8. The Morgan fingerprint density at radius 1 is 1.46 bits per heavy atom. The van der Waals surface area contributed by atoms with Crippen LogP contribution in [0.1, 0.15) is 12.0 Å². The average molecular weight is 267 g/mol. The van der Waals surface area contributed by atoms with Crippen molar-refractivity contribution in [1.29, 1.82) is 0 Å². The Morgan fingerprint density at radius 3 is 2.46 bits per heavy atom. The molecule has 0 aliphatic heterocycles. The number of hydrogen-bond donors (Lipinski definition) is 1. The first kappa shape index (κ1) is 11.0. The van der Waals surface area contributed by atoms with Crippen molar-refractivity contribution in [2.24, 2.45) is 5.73 Å². The van der Waals surface area contributed by atoms with E-state index in [4.69, 9.17) is 5.73 Å². The van der Waals surface area contributed by atoms with E-state index in [-0.39, 0.29) is 18.4 Å². The summed E-state index contributed by atoms with van der Waals surface area (Å²) in [4.78, 5) is 0. The maximum atomic E-state index is 13.7. The van der Waals surface area contributed by atoms with Crippen molar-refractivity contribution < 1.29 is 4.39 Å². The SMILES string of the molecule is Cl.NC1CC1(F)c1ccccc1Br. The summed E-state index contributed by atoms with van der Waals surface area (Å²) in [6.45, 7) is 0. The molecule has 0 aromatic heterocycles. The summed E-state index contributed by atoms with van der Waals surface area (Å²) < 4.78 is 14.5. The van der Waals surface area contributed by atoms with E-state index in [1.54, 1.807) is 6.07 Å². The van der Waals surface area contributed by atoms with E-state index < -0.39 is 5.67 Å². The Bertz CT molecular complexity index is 320. The van der Waals surface area contributed by atoms with Crippen molar-refractivity contribution in [3.8, 4) is 0 Å². The Morgan fingerprint density at radius 2 is 2.00 bits per heavy atom. The molecule has 1 saturated carbocycles. The molecule has 1 aliphatic carbocycles. The lowest BCUT2D eigenvalue weighted by molar-refractivity contribution is 0.305. The molecule has 2 atom stereocenters. The largest absolute Gasteiger partial charge is 0.325 e. The highest BCUT2D eigenvalue weighted by molar-refractivity contribution is 9.10. The Labute approximate surface area is 91.0 Å². The molecule has 0 spiro atoms. The second kappa shape index (κ2) is 3.56. The molecule has 0 bridgehead atoms. The van der Waals surface area contributed by atoms with E-state index in [0.717, 1.165) is 4.47 Å². The quantitative estimate of drug-likeness (QED) is 0.831. The molecular formula is C9H10BrClFN. The van der Waals surface area contributed by atoms with E-state index in [9.17, 15) is 4.39 Å². The molecule has 0 radical (unpaired) electrons. The van der Waals surface area contributed by atoms with Crippen LogP contribution >= 0.6 is 28.3 Å². The van der Waals surface area contributed by atoms with E-state index in [2.05, 4.69) is 15.9 Å². The van der Waals surface area contributed by atoms with Crippen LogP contribution in [-0.4, -0.2) is 6.04 Å². The maximum absolute atomic E-state index is 13.7. The maximum Gasteiger partial charge on any atom is 0.153 e. The number of benzene rings is 1.